The van der Waals surface area contributed by atoms with Crippen LogP contribution in [0.5, 0.6) is 5.75 Å². The fraction of sp³-hybridized carbons (Fsp3) is 0.562. The molecule has 25 heavy (non-hydrogen) atoms. The van der Waals surface area contributed by atoms with Crippen LogP contribution in [0.25, 0.3) is 0 Å². The van der Waals surface area contributed by atoms with Gasteiger partial charge in [-0.05, 0) is 31.5 Å². The number of carbonyl (C=O) groups excluding carboxylic acids is 1. The first-order valence-corrected chi connectivity index (χ1v) is 9.96. The molecule has 2 rings (SSSR count). The Kier molecular flexibility index (Phi) is 7.06. The van der Waals surface area contributed by atoms with Crippen molar-refractivity contribution in [2.24, 2.45) is 0 Å². The molecule has 1 heterocycles. The van der Waals surface area contributed by atoms with Crippen molar-refractivity contribution < 1.29 is 22.7 Å². The molecule has 140 valence electrons. The number of hydrogen-bond donors (Lipinski definition) is 1. The van der Waals surface area contributed by atoms with Gasteiger partial charge in [-0.15, -0.1) is 0 Å². The van der Waals surface area contributed by atoms with Crippen LogP contribution >= 0.6 is 11.6 Å². The van der Waals surface area contributed by atoms with Crippen LogP contribution in [0.3, 0.4) is 0 Å². The summed E-state index contributed by atoms with van der Waals surface area (Å²) >= 11 is 6.13. The van der Waals surface area contributed by atoms with Crippen LogP contribution in [0.4, 0.5) is 0 Å². The molecule has 1 saturated heterocycles. The standard InChI is InChI=1S/C16H23ClN2O5S/c1-3-12(2)18-16(20)11-24-15-5-4-13(10-14(15)17)25(21,22)19-6-8-23-9-7-19/h4-5,10,12H,3,6-9,11H2,1-2H3,(H,18,20)/t12-/m0/s1. The Labute approximate surface area is 153 Å². The van der Waals surface area contributed by atoms with E-state index in [1.54, 1.807) is 0 Å². The number of sulfonamides is 1. The average Bonchev–Trinajstić information content (AvgIpc) is 2.61. The van der Waals surface area contributed by atoms with Gasteiger partial charge in [-0.25, -0.2) is 8.42 Å². The second-order valence-corrected chi connectivity index (χ2v) is 8.12. The maximum atomic E-state index is 12.6. The number of ether oxygens (including phenoxy) is 2. The molecular weight excluding hydrogens is 368 g/mol. The molecule has 0 radical (unpaired) electrons. The topological polar surface area (TPSA) is 84.9 Å². The molecule has 9 heteroatoms. The van der Waals surface area contributed by atoms with Gasteiger partial charge < -0.3 is 14.8 Å². The monoisotopic (exact) mass is 390 g/mol. The SMILES string of the molecule is CC[C@H](C)NC(=O)COc1ccc(S(=O)(=O)N2CCOCC2)cc1Cl. The summed E-state index contributed by atoms with van der Waals surface area (Å²) in [6, 6.07) is 4.30. The molecule has 0 bridgehead atoms. The van der Waals surface area contributed by atoms with Crippen LogP contribution in [0.1, 0.15) is 20.3 Å². The third-order valence-electron chi connectivity index (χ3n) is 3.89. The molecular formula is C16H23ClN2O5S. The van der Waals surface area contributed by atoms with Crippen molar-refractivity contribution in [3.8, 4) is 5.75 Å². The predicted octanol–water partition coefficient (Wildman–Crippen LogP) is 1.65. The molecule has 0 spiro atoms. The van der Waals surface area contributed by atoms with Crippen LogP contribution in [0.2, 0.25) is 5.02 Å². The van der Waals surface area contributed by atoms with Crippen molar-refractivity contribution >= 4 is 27.5 Å². The van der Waals surface area contributed by atoms with E-state index in [0.29, 0.717) is 26.3 Å². The Morgan fingerprint density at radius 2 is 2.08 bits per heavy atom. The first kappa shape index (κ1) is 20.0. The van der Waals surface area contributed by atoms with Crippen LogP contribution < -0.4 is 10.1 Å². The minimum absolute atomic E-state index is 0.0626. The Hall–Kier alpha value is -1.35. The summed E-state index contributed by atoms with van der Waals surface area (Å²) in [6.45, 7) is 5.06. The zero-order valence-corrected chi connectivity index (χ0v) is 15.9. The van der Waals surface area contributed by atoms with Crippen LogP contribution in [-0.2, 0) is 19.6 Å². The molecule has 1 fully saturated rings. The number of amides is 1. The number of nitrogens with one attached hydrogen (secondary N) is 1. The van der Waals surface area contributed by atoms with E-state index in [-0.39, 0.29) is 34.2 Å². The van der Waals surface area contributed by atoms with Crippen molar-refractivity contribution in [2.75, 3.05) is 32.9 Å². The number of benzene rings is 1. The summed E-state index contributed by atoms with van der Waals surface area (Å²) in [7, 11) is -3.62. The van der Waals surface area contributed by atoms with Gasteiger partial charge in [0.2, 0.25) is 10.0 Å². The lowest BCUT2D eigenvalue weighted by Gasteiger charge is -2.26. The van der Waals surface area contributed by atoms with Gasteiger partial charge in [0.1, 0.15) is 5.75 Å². The van der Waals surface area contributed by atoms with E-state index in [0.717, 1.165) is 6.42 Å². The van der Waals surface area contributed by atoms with Gasteiger partial charge in [0, 0.05) is 19.1 Å². The van der Waals surface area contributed by atoms with Gasteiger partial charge in [0.15, 0.2) is 6.61 Å². The van der Waals surface area contributed by atoms with Gasteiger partial charge in [-0.2, -0.15) is 4.31 Å². The highest BCUT2D eigenvalue weighted by Gasteiger charge is 2.27. The minimum atomic E-state index is -3.62. The molecule has 1 aliphatic heterocycles. The molecule has 7 nitrogen and oxygen atoms in total. The highest BCUT2D eigenvalue weighted by atomic mass is 35.5. The maximum absolute atomic E-state index is 12.6. The van der Waals surface area contributed by atoms with Crippen LogP contribution in [0, 0.1) is 0 Å². The van der Waals surface area contributed by atoms with Gasteiger partial charge >= 0.3 is 0 Å². The van der Waals surface area contributed by atoms with Crippen molar-refractivity contribution in [1.29, 1.82) is 0 Å². The maximum Gasteiger partial charge on any atom is 0.258 e. The molecule has 0 unspecified atom stereocenters. The Morgan fingerprint density at radius 1 is 1.40 bits per heavy atom. The molecule has 0 aliphatic carbocycles. The first-order chi connectivity index (χ1) is 11.8. The molecule has 1 atom stereocenters. The zero-order chi connectivity index (χ0) is 18.4. The van der Waals surface area contributed by atoms with Gasteiger partial charge in [-0.3, -0.25) is 4.79 Å². The molecule has 0 aromatic heterocycles. The van der Waals surface area contributed by atoms with Gasteiger partial charge in [0.25, 0.3) is 5.91 Å². The molecule has 0 saturated carbocycles. The number of morpholine rings is 1. The highest BCUT2D eigenvalue weighted by Crippen LogP contribution is 2.29. The van der Waals surface area contributed by atoms with Gasteiger partial charge in [-0.1, -0.05) is 18.5 Å². The van der Waals surface area contributed by atoms with E-state index >= 15 is 0 Å². The summed E-state index contributed by atoms with van der Waals surface area (Å²) in [5.74, 6) is 0.0114. The predicted molar refractivity (Wildman–Crippen MR) is 94.4 cm³/mol. The van der Waals surface area contributed by atoms with Crippen molar-refractivity contribution in [2.45, 2.75) is 31.2 Å². The fourth-order valence-corrected chi connectivity index (χ4v) is 3.99. The third-order valence-corrected chi connectivity index (χ3v) is 6.08. The van der Waals surface area contributed by atoms with Gasteiger partial charge in [0.05, 0.1) is 23.1 Å². The molecule has 1 aliphatic rings. The summed E-state index contributed by atoms with van der Waals surface area (Å²) in [4.78, 5) is 11.8. The number of nitrogens with zero attached hydrogens (tertiary/aromatic N) is 1. The van der Waals surface area contributed by atoms with E-state index in [1.165, 1.54) is 22.5 Å². The minimum Gasteiger partial charge on any atom is -0.482 e. The third kappa shape index (κ3) is 5.31. The quantitative estimate of drug-likeness (QED) is 0.765. The number of carbonyl (C=O) groups is 1. The zero-order valence-electron chi connectivity index (χ0n) is 14.3. The lowest BCUT2D eigenvalue weighted by atomic mass is 10.2. The average molecular weight is 391 g/mol. The lowest BCUT2D eigenvalue weighted by Crippen LogP contribution is -2.40. The van der Waals surface area contributed by atoms with Crippen molar-refractivity contribution in [3.63, 3.8) is 0 Å². The van der Waals surface area contributed by atoms with E-state index in [9.17, 15) is 13.2 Å². The van der Waals surface area contributed by atoms with E-state index in [4.69, 9.17) is 21.1 Å². The molecule has 1 aromatic carbocycles. The number of hydrogen-bond acceptors (Lipinski definition) is 5. The van der Waals surface area contributed by atoms with Crippen molar-refractivity contribution in [1.82, 2.24) is 9.62 Å². The highest BCUT2D eigenvalue weighted by molar-refractivity contribution is 7.89. The molecule has 1 amide bonds. The Balaban J connectivity index is 2.03. The fourth-order valence-electron chi connectivity index (χ4n) is 2.26. The van der Waals surface area contributed by atoms with Crippen LogP contribution in [-0.4, -0.2) is 57.6 Å². The molecule has 1 N–H and O–H groups in total. The second kappa shape index (κ2) is 8.84. The summed E-state index contributed by atoms with van der Waals surface area (Å²) in [5.41, 5.74) is 0. The number of rotatable bonds is 7. The normalized spacial score (nSPS) is 17.1. The smallest absolute Gasteiger partial charge is 0.258 e. The summed E-state index contributed by atoms with van der Waals surface area (Å²) in [6.07, 6.45) is 0.820. The Bertz CT molecular complexity index is 704. The van der Waals surface area contributed by atoms with Crippen molar-refractivity contribution in [3.05, 3.63) is 23.2 Å². The van der Waals surface area contributed by atoms with E-state index in [2.05, 4.69) is 5.32 Å². The van der Waals surface area contributed by atoms with E-state index < -0.39 is 10.0 Å². The van der Waals surface area contributed by atoms with E-state index in [1.807, 2.05) is 13.8 Å². The Morgan fingerprint density at radius 3 is 2.68 bits per heavy atom. The van der Waals surface area contributed by atoms with Crippen LogP contribution in [0.15, 0.2) is 23.1 Å². The first-order valence-electron chi connectivity index (χ1n) is 8.14. The second-order valence-electron chi connectivity index (χ2n) is 5.77. The summed E-state index contributed by atoms with van der Waals surface area (Å²) < 4.78 is 37.1. The summed E-state index contributed by atoms with van der Waals surface area (Å²) in [5, 5.41) is 2.92. The number of halogens is 1. The lowest BCUT2D eigenvalue weighted by molar-refractivity contribution is -0.123. The largest absolute Gasteiger partial charge is 0.482 e. The molecule has 1 aromatic rings.